The van der Waals surface area contributed by atoms with Crippen molar-refractivity contribution in [3.8, 4) is 0 Å². The molecule has 0 heterocycles. The Kier molecular flexibility index (Phi) is 4.04. The van der Waals surface area contributed by atoms with Gasteiger partial charge in [-0.3, -0.25) is 0 Å². The first-order valence-electron chi connectivity index (χ1n) is 7.85. The average Bonchev–Trinajstić information content (AvgIpc) is 2.33. The van der Waals surface area contributed by atoms with Crippen LogP contribution in [0.15, 0.2) is 22.8 Å². The number of hydrogen-bond acceptors (Lipinski definition) is 0. The van der Waals surface area contributed by atoms with Crippen LogP contribution in [0.25, 0.3) is 0 Å². The van der Waals surface area contributed by atoms with Crippen LogP contribution in [-0.4, -0.2) is 0 Å². The molecular formula is C18H30. The van der Waals surface area contributed by atoms with Gasteiger partial charge in [-0.05, 0) is 56.3 Å². The molecular weight excluding hydrogens is 216 g/mol. The van der Waals surface area contributed by atoms with Crippen LogP contribution in [0.5, 0.6) is 0 Å². The highest BCUT2D eigenvalue weighted by Gasteiger charge is 2.41. The molecule has 0 nitrogen and oxygen atoms in total. The Morgan fingerprint density at radius 1 is 1.28 bits per heavy atom. The van der Waals surface area contributed by atoms with Crippen molar-refractivity contribution in [2.24, 2.45) is 17.3 Å². The molecule has 1 fully saturated rings. The van der Waals surface area contributed by atoms with Crippen LogP contribution in [-0.2, 0) is 0 Å². The van der Waals surface area contributed by atoms with Crippen molar-refractivity contribution in [3.63, 3.8) is 0 Å². The minimum atomic E-state index is 0.527. The van der Waals surface area contributed by atoms with Gasteiger partial charge >= 0.3 is 0 Å². The number of hydrogen-bond donors (Lipinski definition) is 0. The van der Waals surface area contributed by atoms with Crippen LogP contribution in [0.1, 0.15) is 73.1 Å². The van der Waals surface area contributed by atoms with E-state index in [0.717, 1.165) is 11.8 Å². The largest absolute Gasteiger partial charge is 0.0847 e. The van der Waals surface area contributed by atoms with Crippen LogP contribution < -0.4 is 0 Å². The topological polar surface area (TPSA) is 0 Å². The van der Waals surface area contributed by atoms with Crippen LogP contribution in [0.4, 0.5) is 0 Å². The molecule has 18 heavy (non-hydrogen) atoms. The van der Waals surface area contributed by atoms with Gasteiger partial charge < -0.3 is 0 Å². The van der Waals surface area contributed by atoms with E-state index in [1.807, 2.05) is 0 Å². The summed E-state index contributed by atoms with van der Waals surface area (Å²) in [6, 6.07) is 0. The van der Waals surface area contributed by atoms with Gasteiger partial charge in [-0.25, -0.2) is 0 Å². The highest BCUT2D eigenvalue weighted by molar-refractivity contribution is 5.33. The van der Waals surface area contributed by atoms with Crippen LogP contribution in [0.2, 0.25) is 0 Å². The first-order chi connectivity index (χ1) is 8.47. The van der Waals surface area contributed by atoms with Crippen molar-refractivity contribution < 1.29 is 0 Å². The molecule has 0 aromatic rings. The molecule has 0 heteroatoms. The summed E-state index contributed by atoms with van der Waals surface area (Å²) < 4.78 is 0. The van der Waals surface area contributed by atoms with Gasteiger partial charge in [-0.1, -0.05) is 56.9 Å². The summed E-state index contributed by atoms with van der Waals surface area (Å²) in [5.41, 5.74) is 5.76. The quantitative estimate of drug-likeness (QED) is 0.532. The zero-order valence-electron chi connectivity index (χ0n) is 13.0. The van der Waals surface area contributed by atoms with Gasteiger partial charge in [0.15, 0.2) is 0 Å². The third kappa shape index (κ3) is 2.44. The van der Waals surface area contributed by atoms with Gasteiger partial charge in [0.25, 0.3) is 0 Å². The fourth-order valence-corrected chi connectivity index (χ4v) is 4.10. The summed E-state index contributed by atoms with van der Waals surface area (Å²) in [6.45, 7) is 12.1. The van der Waals surface area contributed by atoms with E-state index in [9.17, 15) is 0 Å². The number of unbranched alkanes of at least 4 members (excludes halogenated alkanes) is 1. The predicted molar refractivity (Wildman–Crippen MR) is 80.6 cm³/mol. The van der Waals surface area contributed by atoms with Gasteiger partial charge in [0.2, 0.25) is 0 Å². The van der Waals surface area contributed by atoms with Crippen LogP contribution in [0, 0.1) is 17.3 Å². The smallest absolute Gasteiger partial charge is 0.00159 e. The highest BCUT2D eigenvalue weighted by Crippen LogP contribution is 2.53. The second-order valence-electron chi connectivity index (χ2n) is 7.10. The number of allylic oxidation sites excluding steroid dienone is 4. The monoisotopic (exact) mass is 246 g/mol. The maximum Gasteiger partial charge on any atom is -0.00159 e. The normalized spacial score (nSPS) is 33.7. The Hall–Kier alpha value is -0.520. The number of rotatable bonds is 2. The van der Waals surface area contributed by atoms with Gasteiger partial charge in [0.1, 0.15) is 0 Å². The Morgan fingerprint density at radius 3 is 2.67 bits per heavy atom. The lowest BCUT2D eigenvalue weighted by Crippen LogP contribution is -2.35. The van der Waals surface area contributed by atoms with E-state index in [4.69, 9.17) is 0 Å². The molecule has 0 amide bonds. The Balaban J connectivity index is 2.30. The standard InChI is InChI=1S/C18H30/c1-6-7-8-15-9-10-16-17(14(15)3)13(2)11-12-18(16,4)5/h8,14,16H,6-7,9-12H2,1-5H3/b15-8-. The molecule has 0 bridgehead atoms. The lowest BCUT2D eigenvalue weighted by molar-refractivity contribution is 0.176. The zero-order chi connectivity index (χ0) is 13.3. The summed E-state index contributed by atoms with van der Waals surface area (Å²) in [5.74, 6) is 1.56. The third-order valence-electron chi connectivity index (χ3n) is 5.40. The Morgan fingerprint density at radius 2 is 2.00 bits per heavy atom. The van der Waals surface area contributed by atoms with Gasteiger partial charge in [0, 0.05) is 0 Å². The molecule has 2 rings (SSSR count). The number of fused-ring (bicyclic) bond motifs is 1. The molecule has 2 atom stereocenters. The van der Waals surface area contributed by atoms with E-state index in [1.54, 1.807) is 16.7 Å². The van der Waals surface area contributed by atoms with E-state index in [0.29, 0.717) is 5.41 Å². The molecule has 0 N–H and O–H groups in total. The summed E-state index contributed by atoms with van der Waals surface area (Å²) in [6.07, 6.45) is 10.5. The molecule has 2 aliphatic rings. The van der Waals surface area contributed by atoms with Gasteiger partial charge in [-0.2, -0.15) is 0 Å². The fourth-order valence-electron chi connectivity index (χ4n) is 4.10. The first kappa shape index (κ1) is 13.9. The molecule has 0 aliphatic heterocycles. The Bertz CT molecular complexity index is 367. The maximum atomic E-state index is 2.53. The minimum absolute atomic E-state index is 0.527. The molecule has 0 aromatic heterocycles. The molecule has 0 saturated heterocycles. The van der Waals surface area contributed by atoms with E-state index in [-0.39, 0.29) is 0 Å². The van der Waals surface area contributed by atoms with E-state index in [1.165, 1.54) is 38.5 Å². The average molecular weight is 246 g/mol. The van der Waals surface area contributed by atoms with Crippen molar-refractivity contribution in [1.29, 1.82) is 0 Å². The SMILES string of the molecule is CCC/C=C1/CCC2C(=C(C)CCC2(C)C)C1C. The minimum Gasteiger partial charge on any atom is -0.0847 e. The summed E-state index contributed by atoms with van der Waals surface area (Å²) >= 11 is 0. The molecule has 2 unspecified atom stereocenters. The lowest BCUT2D eigenvalue weighted by Gasteiger charge is -2.47. The van der Waals surface area contributed by atoms with Crippen molar-refractivity contribution in [2.75, 3.05) is 0 Å². The van der Waals surface area contributed by atoms with Crippen molar-refractivity contribution in [2.45, 2.75) is 73.1 Å². The summed E-state index contributed by atoms with van der Waals surface area (Å²) in [5, 5.41) is 0. The second-order valence-corrected chi connectivity index (χ2v) is 7.10. The summed E-state index contributed by atoms with van der Waals surface area (Å²) in [7, 11) is 0. The first-order valence-corrected chi connectivity index (χ1v) is 7.85. The Labute approximate surface area is 114 Å². The van der Waals surface area contributed by atoms with E-state index >= 15 is 0 Å². The zero-order valence-corrected chi connectivity index (χ0v) is 13.0. The maximum absolute atomic E-state index is 2.53. The van der Waals surface area contributed by atoms with Crippen molar-refractivity contribution in [3.05, 3.63) is 22.8 Å². The molecule has 0 radical (unpaired) electrons. The lowest BCUT2D eigenvalue weighted by atomic mass is 9.58. The van der Waals surface area contributed by atoms with E-state index in [2.05, 4.69) is 40.7 Å². The molecule has 0 aromatic carbocycles. The van der Waals surface area contributed by atoms with E-state index < -0.39 is 0 Å². The summed E-state index contributed by atoms with van der Waals surface area (Å²) in [4.78, 5) is 0. The highest BCUT2D eigenvalue weighted by atomic mass is 14.5. The van der Waals surface area contributed by atoms with Gasteiger partial charge in [-0.15, -0.1) is 0 Å². The van der Waals surface area contributed by atoms with Crippen LogP contribution >= 0.6 is 0 Å². The fraction of sp³-hybridized carbons (Fsp3) is 0.778. The van der Waals surface area contributed by atoms with Crippen molar-refractivity contribution in [1.82, 2.24) is 0 Å². The van der Waals surface area contributed by atoms with Gasteiger partial charge in [0.05, 0.1) is 0 Å². The molecule has 1 saturated carbocycles. The molecule has 2 aliphatic carbocycles. The van der Waals surface area contributed by atoms with Crippen LogP contribution in [0.3, 0.4) is 0 Å². The molecule has 0 spiro atoms. The predicted octanol–water partition coefficient (Wildman–Crippen LogP) is 5.90. The molecule has 102 valence electrons. The second kappa shape index (κ2) is 5.23. The van der Waals surface area contributed by atoms with Crippen molar-refractivity contribution >= 4 is 0 Å². The third-order valence-corrected chi connectivity index (χ3v) is 5.40.